The first-order valence-electron chi connectivity index (χ1n) is 15.8. The first-order chi connectivity index (χ1) is 22.3. The van der Waals surface area contributed by atoms with Gasteiger partial charge in [0.05, 0.1) is 0 Å². The van der Waals surface area contributed by atoms with Gasteiger partial charge in [0.2, 0.25) is 0 Å². The first-order valence-corrected chi connectivity index (χ1v) is 15.8. The van der Waals surface area contributed by atoms with E-state index in [1.165, 1.54) is 76.3 Å². The normalized spacial score (nSPS) is 13.1. The van der Waals surface area contributed by atoms with Gasteiger partial charge in [-0.2, -0.15) is 0 Å². The molecular weight excluding hydrogens is 544 g/mol. The van der Waals surface area contributed by atoms with E-state index in [-0.39, 0.29) is 0 Å². The standard InChI is InChI=1S/C44H28O/c1-2-9-28-24-29(17-16-27(28)8-1)30-18-19-32-26-33(21-20-31(32)25-30)34-14-7-15-40-41-23-22-39-37-12-4-3-10-35(37)36-11-5-6-13-38(36)42(39)44(41)45-43(34)40/h1-3,5-11,13-26H,4,12H2. The van der Waals surface area contributed by atoms with Crippen LogP contribution in [-0.2, 0) is 6.42 Å². The molecule has 0 bridgehead atoms. The van der Waals surface area contributed by atoms with Crippen LogP contribution < -0.4 is 0 Å². The molecule has 0 saturated carbocycles. The number of furan rings is 1. The van der Waals surface area contributed by atoms with Gasteiger partial charge < -0.3 is 4.42 Å². The Hall–Kier alpha value is -5.66. The molecule has 0 amide bonds. The second kappa shape index (κ2) is 9.42. The van der Waals surface area contributed by atoms with Crippen molar-refractivity contribution >= 4 is 71.1 Å². The number of hydrogen-bond donors (Lipinski definition) is 0. The molecule has 1 heteroatoms. The predicted octanol–water partition coefficient (Wildman–Crippen LogP) is 12.5. The van der Waals surface area contributed by atoms with E-state index in [1.54, 1.807) is 0 Å². The van der Waals surface area contributed by atoms with Gasteiger partial charge in [0.15, 0.2) is 0 Å². The Kier molecular flexibility index (Phi) is 5.18. The van der Waals surface area contributed by atoms with E-state index in [0.29, 0.717) is 0 Å². The molecular formula is C44H28O. The highest BCUT2D eigenvalue weighted by Gasteiger charge is 2.20. The van der Waals surface area contributed by atoms with E-state index in [1.807, 2.05) is 0 Å². The van der Waals surface area contributed by atoms with Gasteiger partial charge in [0, 0.05) is 21.7 Å². The number of fused-ring (bicyclic) bond motifs is 12. The van der Waals surface area contributed by atoms with Crippen molar-refractivity contribution in [2.45, 2.75) is 12.8 Å². The maximum Gasteiger partial charge on any atom is 0.143 e. The fraction of sp³-hybridized carbons (Fsp3) is 0.0455. The molecule has 0 saturated heterocycles. The van der Waals surface area contributed by atoms with E-state index >= 15 is 0 Å². The van der Waals surface area contributed by atoms with Gasteiger partial charge >= 0.3 is 0 Å². The molecule has 45 heavy (non-hydrogen) atoms. The van der Waals surface area contributed by atoms with Gasteiger partial charge in [0.1, 0.15) is 11.2 Å². The SMILES string of the molecule is C1=Cc2c(c3ccc4c5cccc(-c6ccc7cc(-c8ccc9ccccc9c8)ccc7c6)c5oc4c3c3ccccc23)CC1. The topological polar surface area (TPSA) is 13.1 Å². The number of para-hydroxylation sites is 1. The molecule has 9 aromatic rings. The predicted molar refractivity (Wildman–Crippen MR) is 192 cm³/mol. The maximum atomic E-state index is 6.96. The Balaban J connectivity index is 1.15. The van der Waals surface area contributed by atoms with Crippen molar-refractivity contribution in [2.24, 2.45) is 0 Å². The molecule has 1 nitrogen and oxygen atoms in total. The molecule has 10 rings (SSSR count). The molecule has 0 spiro atoms. The third kappa shape index (κ3) is 3.68. The van der Waals surface area contributed by atoms with Gasteiger partial charge in [-0.3, -0.25) is 0 Å². The molecule has 1 heterocycles. The third-order valence-corrected chi connectivity index (χ3v) is 9.88. The highest BCUT2D eigenvalue weighted by molar-refractivity contribution is 6.26. The van der Waals surface area contributed by atoms with Crippen molar-refractivity contribution in [3.63, 3.8) is 0 Å². The molecule has 210 valence electrons. The average molecular weight is 573 g/mol. The van der Waals surface area contributed by atoms with Crippen molar-refractivity contribution in [3.05, 3.63) is 151 Å². The fourth-order valence-electron chi connectivity index (χ4n) is 7.70. The smallest absolute Gasteiger partial charge is 0.143 e. The maximum absolute atomic E-state index is 6.96. The monoisotopic (exact) mass is 572 g/mol. The quantitative estimate of drug-likeness (QED) is 0.188. The Bertz CT molecular complexity index is 2700. The highest BCUT2D eigenvalue weighted by atomic mass is 16.3. The van der Waals surface area contributed by atoms with Gasteiger partial charge in [-0.15, -0.1) is 0 Å². The Morgan fingerprint density at radius 1 is 0.444 bits per heavy atom. The summed E-state index contributed by atoms with van der Waals surface area (Å²) in [6, 6.07) is 48.8. The van der Waals surface area contributed by atoms with Crippen molar-refractivity contribution < 1.29 is 4.42 Å². The van der Waals surface area contributed by atoms with E-state index in [2.05, 4.69) is 146 Å². The Labute approximate surface area is 260 Å². The lowest BCUT2D eigenvalue weighted by Gasteiger charge is -2.17. The van der Waals surface area contributed by atoms with E-state index < -0.39 is 0 Å². The second-order valence-electron chi connectivity index (χ2n) is 12.4. The lowest BCUT2D eigenvalue weighted by molar-refractivity contribution is 0.674. The van der Waals surface area contributed by atoms with Gasteiger partial charge in [-0.1, -0.05) is 121 Å². The van der Waals surface area contributed by atoms with Crippen LogP contribution in [0, 0.1) is 0 Å². The van der Waals surface area contributed by atoms with E-state index in [4.69, 9.17) is 4.42 Å². The molecule has 1 aliphatic rings. The van der Waals surface area contributed by atoms with Crippen molar-refractivity contribution in [2.75, 3.05) is 0 Å². The van der Waals surface area contributed by atoms with Crippen molar-refractivity contribution in [1.29, 1.82) is 0 Å². The van der Waals surface area contributed by atoms with Crippen LogP contribution in [0.3, 0.4) is 0 Å². The minimum atomic E-state index is 0.953. The van der Waals surface area contributed by atoms with Crippen LogP contribution in [0.15, 0.2) is 144 Å². The number of benzene rings is 8. The average Bonchev–Trinajstić information content (AvgIpc) is 3.50. The summed E-state index contributed by atoms with van der Waals surface area (Å²) in [6.45, 7) is 0. The largest absolute Gasteiger partial charge is 0.455 e. The molecule has 1 aliphatic carbocycles. The zero-order valence-electron chi connectivity index (χ0n) is 24.7. The number of rotatable bonds is 2. The highest BCUT2D eigenvalue weighted by Crippen LogP contribution is 2.44. The Morgan fingerprint density at radius 2 is 1.07 bits per heavy atom. The van der Waals surface area contributed by atoms with Crippen molar-refractivity contribution in [1.82, 2.24) is 0 Å². The van der Waals surface area contributed by atoms with Crippen LogP contribution in [0.5, 0.6) is 0 Å². The summed E-state index contributed by atoms with van der Waals surface area (Å²) in [6.07, 6.45) is 6.75. The molecule has 0 unspecified atom stereocenters. The summed E-state index contributed by atoms with van der Waals surface area (Å²) < 4.78 is 6.96. The minimum absolute atomic E-state index is 0.953. The lowest BCUT2D eigenvalue weighted by atomic mass is 9.86. The van der Waals surface area contributed by atoms with Crippen LogP contribution in [-0.4, -0.2) is 0 Å². The zero-order valence-corrected chi connectivity index (χ0v) is 24.7. The lowest BCUT2D eigenvalue weighted by Crippen LogP contribution is -1.97. The Morgan fingerprint density at radius 3 is 1.91 bits per heavy atom. The summed E-state index contributed by atoms with van der Waals surface area (Å²) in [4.78, 5) is 0. The number of hydrogen-bond acceptors (Lipinski definition) is 1. The summed E-state index contributed by atoms with van der Waals surface area (Å²) in [5.41, 5.74) is 9.51. The van der Waals surface area contributed by atoms with E-state index in [0.717, 1.165) is 35.0 Å². The second-order valence-corrected chi connectivity index (χ2v) is 12.4. The molecule has 1 aromatic heterocycles. The number of aryl methyl sites for hydroxylation is 1. The van der Waals surface area contributed by atoms with Gasteiger partial charge in [0.25, 0.3) is 0 Å². The van der Waals surface area contributed by atoms with Gasteiger partial charge in [-0.05, 0) is 103 Å². The minimum Gasteiger partial charge on any atom is -0.455 e. The third-order valence-electron chi connectivity index (χ3n) is 9.88. The van der Waals surface area contributed by atoms with E-state index in [9.17, 15) is 0 Å². The van der Waals surface area contributed by atoms with Crippen LogP contribution in [0.1, 0.15) is 17.5 Å². The van der Waals surface area contributed by atoms with Crippen LogP contribution in [0.25, 0.3) is 93.4 Å². The summed E-state index contributed by atoms with van der Waals surface area (Å²) in [5.74, 6) is 0. The summed E-state index contributed by atoms with van der Waals surface area (Å²) in [5, 5.41) is 12.4. The number of allylic oxidation sites excluding steroid dienone is 1. The van der Waals surface area contributed by atoms with Crippen LogP contribution in [0.4, 0.5) is 0 Å². The molecule has 0 fully saturated rings. The first kappa shape index (κ1) is 24.7. The molecule has 8 aromatic carbocycles. The molecule has 0 N–H and O–H groups in total. The summed E-state index contributed by atoms with van der Waals surface area (Å²) in [7, 11) is 0. The van der Waals surface area contributed by atoms with Crippen LogP contribution >= 0.6 is 0 Å². The summed E-state index contributed by atoms with van der Waals surface area (Å²) >= 11 is 0. The molecule has 0 aliphatic heterocycles. The van der Waals surface area contributed by atoms with Gasteiger partial charge in [-0.25, -0.2) is 0 Å². The molecule has 0 radical (unpaired) electrons. The zero-order chi connectivity index (χ0) is 29.5. The van der Waals surface area contributed by atoms with Crippen molar-refractivity contribution in [3.8, 4) is 22.3 Å². The van der Waals surface area contributed by atoms with Crippen LogP contribution in [0.2, 0.25) is 0 Å². The fourth-order valence-corrected chi connectivity index (χ4v) is 7.70. The molecule has 0 atom stereocenters.